The van der Waals surface area contributed by atoms with Gasteiger partial charge in [-0.15, -0.1) is 0 Å². The first-order valence-electron chi connectivity index (χ1n) is 1.01. The van der Waals surface area contributed by atoms with E-state index in [1.165, 1.54) is 0 Å². The number of carbonyl (C=O) groups is 1. The van der Waals surface area contributed by atoms with Gasteiger partial charge in [-0.25, -0.2) is 0 Å². The number of halogens is 2. The van der Waals surface area contributed by atoms with Crippen LogP contribution in [0, 0.1) is 0 Å². The van der Waals surface area contributed by atoms with Gasteiger partial charge in [0, 0.05) is 0 Å². The van der Waals surface area contributed by atoms with E-state index in [9.17, 15) is 4.79 Å². The molecule has 0 aliphatic heterocycles. The largest absolute Gasteiger partial charge is 0.301 e. The van der Waals surface area contributed by atoms with Gasteiger partial charge in [-0.2, -0.15) is 0 Å². The van der Waals surface area contributed by atoms with Crippen LogP contribution < -0.4 is 0 Å². The molecule has 0 aliphatic rings. The molecule has 0 bridgehead atoms. The van der Waals surface area contributed by atoms with E-state index in [4.69, 9.17) is 0 Å². The summed E-state index contributed by atoms with van der Waals surface area (Å²) in [6.45, 7) is 0. The third-order valence-electron chi connectivity index (χ3n) is 0.103. The van der Waals surface area contributed by atoms with Gasteiger partial charge in [0.2, 0.25) is 0 Å². The minimum Gasteiger partial charge on any atom is -0.301 e. The predicted molar refractivity (Wildman–Crippen MR) is 37.9 cm³/mol. The Hall–Kier alpha value is 1.13. The van der Waals surface area contributed by atoms with Crippen molar-refractivity contribution in [3.05, 3.63) is 0 Å². The van der Waals surface area contributed by atoms with E-state index in [0.29, 0.717) is 0 Å². The van der Waals surface area contributed by atoms with E-state index in [1.54, 1.807) is 0 Å². The zero-order valence-electron chi connectivity index (χ0n) is 2.32. The lowest BCUT2D eigenvalue weighted by Gasteiger charge is -1.73. The maximum Gasteiger partial charge on any atom is 0.142 e. The molecule has 0 aromatic rings. The van der Waals surface area contributed by atoms with Crippen molar-refractivity contribution in [2.75, 3.05) is 0 Å². The van der Waals surface area contributed by atoms with Crippen LogP contribution in [0.5, 0.6) is 0 Å². The van der Waals surface area contributed by atoms with Gasteiger partial charge in [0.25, 0.3) is 0 Å². The van der Waals surface area contributed by atoms with E-state index < -0.39 is 0 Å². The molecule has 3 heteroatoms. The summed E-state index contributed by atoms with van der Waals surface area (Å²) < 4.78 is 0.144. The van der Waals surface area contributed by atoms with Gasteiger partial charge < -0.3 is 4.79 Å². The molecule has 0 unspecified atom stereocenters. The fourth-order valence-corrected chi connectivity index (χ4v) is 0. The Bertz CT molecular complexity index is 34.6. The van der Waals surface area contributed by atoms with Crippen molar-refractivity contribution in [3.8, 4) is 0 Å². The summed E-state index contributed by atoms with van der Waals surface area (Å²) in [5, 5.41) is 0. The molecule has 0 aromatic carbocycles. The minimum atomic E-state index is 0.144. The Morgan fingerprint density at radius 1 is 1.60 bits per heavy atom. The van der Waals surface area contributed by atoms with Crippen LogP contribution >= 0.6 is 45.2 Å². The van der Waals surface area contributed by atoms with Crippen LogP contribution in [0.1, 0.15) is 0 Å². The van der Waals surface area contributed by atoms with E-state index in [0.717, 1.165) is 6.29 Å². The second kappa shape index (κ2) is 3.32. The summed E-state index contributed by atoms with van der Waals surface area (Å²) >= 11 is 4.05. The summed E-state index contributed by atoms with van der Waals surface area (Å²) in [7, 11) is 0. The molecule has 0 fully saturated rings. The Balaban J connectivity index is 2.83. The summed E-state index contributed by atoms with van der Waals surface area (Å²) in [6.07, 6.45) is 0.890. The summed E-state index contributed by atoms with van der Waals surface area (Å²) in [4.78, 5) is 9.49. The third kappa shape index (κ3) is 5.13. The molecule has 5 heavy (non-hydrogen) atoms. The van der Waals surface area contributed by atoms with Crippen molar-refractivity contribution in [3.63, 3.8) is 0 Å². The van der Waals surface area contributed by atoms with Gasteiger partial charge in [-0.1, -0.05) is 45.2 Å². The maximum atomic E-state index is 9.49. The normalized spacial score (nSPS) is 8.60. The van der Waals surface area contributed by atoms with Gasteiger partial charge in [0.05, 0.1) is 0 Å². The van der Waals surface area contributed by atoms with Crippen molar-refractivity contribution >= 4 is 51.5 Å². The lowest BCUT2D eigenvalue weighted by atomic mass is 11.0. The van der Waals surface area contributed by atoms with Crippen molar-refractivity contribution in [2.24, 2.45) is 0 Å². The molecular weight excluding hydrogens is 294 g/mol. The van der Waals surface area contributed by atoms with Gasteiger partial charge in [-0.05, 0) is 0 Å². The lowest BCUT2D eigenvalue weighted by molar-refractivity contribution is -0.105. The summed E-state index contributed by atoms with van der Waals surface area (Å²) in [5.41, 5.74) is 0. The molecule has 0 atom stereocenters. The molecule has 0 aliphatic carbocycles. The van der Waals surface area contributed by atoms with E-state index in [2.05, 4.69) is 0 Å². The van der Waals surface area contributed by atoms with Crippen molar-refractivity contribution < 1.29 is 4.79 Å². The van der Waals surface area contributed by atoms with Gasteiger partial charge in [0.1, 0.15) is 8.22 Å². The molecule has 0 amide bonds. The zero-order valence-corrected chi connectivity index (χ0v) is 6.63. The molecule has 0 rings (SSSR count). The van der Waals surface area contributed by atoms with E-state index in [1.807, 2.05) is 45.2 Å². The van der Waals surface area contributed by atoms with E-state index in [-0.39, 0.29) is 1.93 Å². The van der Waals surface area contributed by atoms with Crippen LogP contribution in [0.4, 0.5) is 0 Å². The van der Waals surface area contributed by atoms with Crippen LogP contribution in [-0.4, -0.2) is 8.22 Å². The lowest BCUT2D eigenvalue weighted by Crippen LogP contribution is -1.79. The molecule has 0 radical (unpaired) electrons. The molecule has 30 valence electrons. The highest BCUT2D eigenvalue weighted by molar-refractivity contribution is 14.2. The first-order chi connectivity index (χ1) is 2.27. The second-order valence-corrected chi connectivity index (χ2v) is 5.54. The molecular formula is C2H2I2O. The fourth-order valence-electron chi connectivity index (χ4n) is 0. The molecule has 0 spiro atoms. The smallest absolute Gasteiger partial charge is 0.142 e. The highest BCUT2D eigenvalue weighted by Gasteiger charge is 1.85. The Morgan fingerprint density at radius 3 is 1.80 bits per heavy atom. The number of carbonyl (C=O) groups excluding carboxylic acids is 1. The topological polar surface area (TPSA) is 17.1 Å². The van der Waals surface area contributed by atoms with Crippen molar-refractivity contribution in [2.45, 2.75) is 1.93 Å². The molecule has 0 aromatic heterocycles. The third-order valence-corrected chi connectivity index (χ3v) is 0.690. The van der Waals surface area contributed by atoms with Crippen molar-refractivity contribution in [1.29, 1.82) is 0 Å². The number of hydrogen-bond acceptors (Lipinski definition) is 1. The monoisotopic (exact) mass is 296 g/mol. The molecule has 0 saturated carbocycles. The maximum absolute atomic E-state index is 9.49. The zero-order chi connectivity index (χ0) is 4.28. The van der Waals surface area contributed by atoms with Crippen LogP contribution in [-0.2, 0) is 4.79 Å². The number of rotatable bonds is 1. The molecule has 1 nitrogen and oxygen atoms in total. The van der Waals surface area contributed by atoms with Gasteiger partial charge >= 0.3 is 0 Å². The van der Waals surface area contributed by atoms with E-state index >= 15 is 0 Å². The average molecular weight is 296 g/mol. The quantitative estimate of drug-likeness (QED) is 0.406. The molecule has 0 saturated heterocycles. The summed E-state index contributed by atoms with van der Waals surface area (Å²) in [6, 6.07) is 0. The van der Waals surface area contributed by atoms with Crippen LogP contribution in [0.3, 0.4) is 0 Å². The van der Waals surface area contributed by atoms with Crippen LogP contribution in [0.25, 0.3) is 0 Å². The highest BCUT2D eigenvalue weighted by atomic mass is 127. The minimum absolute atomic E-state index is 0.144. The molecule has 0 heterocycles. The number of alkyl halides is 2. The Morgan fingerprint density at radius 2 is 1.80 bits per heavy atom. The first kappa shape index (κ1) is 6.13. The highest BCUT2D eigenvalue weighted by Crippen LogP contribution is 2.03. The average Bonchev–Trinajstić information content (AvgIpc) is 1.38. The van der Waals surface area contributed by atoms with Crippen molar-refractivity contribution in [1.82, 2.24) is 0 Å². The van der Waals surface area contributed by atoms with Crippen LogP contribution in [0.2, 0.25) is 0 Å². The fraction of sp³-hybridized carbons (Fsp3) is 0.500. The summed E-state index contributed by atoms with van der Waals surface area (Å²) in [5.74, 6) is 0. The molecule has 0 N–H and O–H groups in total. The first-order valence-corrected chi connectivity index (χ1v) is 3.50. The number of hydrogen-bond donors (Lipinski definition) is 0. The van der Waals surface area contributed by atoms with Gasteiger partial charge in [0.15, 0.2) is 0 Å². The Kier molecular flexibility index (Phi) is 4.08. The SMILES string of the molecule is O=CC(I)I. The van der Waals surface area contributed by atoms with Gasteiger partial charge in [-0.3, -0.25) is 0 Å². The standard InChI is InChI=1S/C2H2I2O/c3-2(4)1-5/h1-2H. The number of aldehydes is 1. The second-order valence-electron chi connectivity index (χ2n) is 0.471. The Labute approximate surface area is 57.8 Å². The predicted octanol–water partition coefficient (Wildman–Crippen LogP) is 1.38. The van der Waals surface area contributed by atoms with Crippen LogP contribution in [0.15, 0.2) is 0 Å².